The van der Waals surface area contributed by atoms with Crippen LogP contribution in [-0.4, -0.2) is 30.2 Å². The Hall–Kier alpha value is -0.970. The summed E-state index contributed by atoms with van der Waals surface area (Å²) in [6, 6.07) is 1.48. The van der Waals surface area contributed by atoms with E-state index in [9.17, 15) is 8.78 Å². The van der Waals surface area contributed by atoms with Crippen LogP contribution >= 0.6 is 11.6 Å². The van der Waals surface area contributed by atoms with Gasteiger partial charge in [0.1, 0.15) is 0 Å². The highest BCUT2D eigenvalue weighted by molar-refractivity contribution is 6.29. The Balaban J connectivity index is 2.71. The standard InChI is InChI=1S/C7H8ClF2N3/c1-13(4-7(9)10)5-2-6(8)12-11-3-5/h2-3,7H,4H2,1H3. The summed E-state index contributed by atoms with van der Waals surface area (Å²) in [5.41, 5.74) is 0.528. The molecule has 1 heterocycles. The first-order valence-corrected chi connectivity index (χ1v) is 3.95. The first-order chi connectivity index (χ1) is 6.09. The van der Waals surface area contributed by atoms with Gasteiger partial charge in [0.15, 0.2) is 5.15 Å². The Morgan fingerprint density at radius 3 is 2.85 bits per heavy atom. The van der Waals surface area contributed by atoms with Crippen LogP contribution in [0.3, 0.4) is 0 Å². The number of alkyl halides is 2. The third kappa shape index (κ3) is 3.10. The van der Waals surface area contributed by atoms with E-state index in [2.05, 4.69) is 10.2 Å². The second-order valence-corrected chi connectivity index (χ2v) is 2.90. The first kappa shape index (κ1) is 10.1. The van der Waals surface area contributed by atoms with Crippen LogP contribution in [0.4, 0.5) is 14.5 Å². The molecule has 1 aromatic heterocycles. The van der Waals surface area contributed by atoms with Crippen molar-refractivity contribution >= 4 is 17.3 Å². The molecule has 0 unspecified atom stereocenters. The zero-order valence-electron chi connectivity index (χ0n) is 6.91. The van der Waals surface area contributed by atoms with Crippen molar-refractivity contribution in [1.82, 2.24) is 10.2 Å². The zero-order valence-corrected chi connectivity index (χ0v) is 7.67. The SMILES string of the molecule is CN(CC(F)F)c1cnnc(Cl)c1. The van der Waals surface area contributed by atoms with Gasteiger partial charge in [-0.05, 0) is 0 Å². The Labute approximate surface area is 79.3 Å². The number of anilines is 1. The van der Waals surface area contributed by atoms with E-state index in [-0.39, 0.29) is 11.7 Å². The van der Waals surface area contributed by atoms with Gasteiger partial charge in [0.05, 0.1) is 18.4 Å². The molecule has 72 valence electrons. The predicted molar refractivity (Wildman–Crippen MR) is 46.3 cm³/mol. The molecule has 0 aliphatic rings. The Morgan fingerprint density at radius 1 is 1.62 bits per heavy atom. The van der Waals surface area contributed by atoms with Crippen molar-refractivity contribution in [3.8, 4) is 0 Å². The van der Waals surface area contributed by atoms with Crippen molar-refractivity contribution in [3.05, 3.63) is 17.4 Å². The molecular weight excluding hydrogens is 200 g/mol. The van der Waals surface area contributed by atoms with Gasteiger partial charge in [0, 0.05) is 13.1 Å². The highest BCUT2D eigenvalue weighted by atomic mass is 35.5. The van der Waals surface area contributed by atoms with Crippen LogP contribution in [0.5, 0.6) is 0 Å². The Morgan fingerprint density at radius 2 is 2.31 bits per heavy atom. The molecular formula is C7H8ClF2N3. The molecule has 0 N–H and O–H groups in total. The van der Waals surface area contributed by atoms with Gasteiger partial charge in [-0.2, -0.15) is 5.10 Å². The number of rotatable bonds is 3. The molecule has 1 rings (SSSR count). The predicted octanol–water partition coefficient (Wildman–Crippen LogP) is 1.83. The van der Waals surface area contributed by atoms with Gasteiger partial charge in [0.2, 0.25) is 0 Å². The molecule has 0 saturated carbocycles. The lowest BCUT2D eigenvalue weighted by Crippen LogP contribution is -2.24. The van der Waals surface area contributed by atoms with E-state index in [0.29, 0.717) is 5.69 Å². The minimum atomic E-state index is -2.38. The lowest BCUT2D eigenvalue weighted by molar-refractivity contribution is 0.156. The fourth-order valence-electron chi connectivity index (χ4n) is 0.853. The van der Waals surface area contributed by atoms with Gasteiger partial charge in [-0.1, -0.05) is 11.6 Å². The molecule has 0 radical (unpaired) electrons. The topological polar surface area (TPSA) is 29.0 Å². The van der Waals surface area contributed by atoms with Gasteiger partial charge in [0.25, 0.3) is 6.43 Å². The van der Waals surface area contributed by atoms with Crippen LogP contribution in [-0.2, 0) is 0 Å². The summed E-state index contributed by atoms with van der Waals surface area (Å²) in [7, 11) is 1.54. The Kier molecular flexibility index (Phi) is 3.36. The van der Waals surface area contributed by atoms with Crippen LogP contribution in [0.1, 0.15) is 0 Å². The van der Waals surface area contributed by atoms with Crippen molar-refractivity contribution in [3.63, 3.8) is 0 Å². The van der Waals surface area contributed by atoms with Crippen LogP contribution in [0, 0.1) is 0 Å². The normalized spacial score (nSPS) is 10.5. The van der Waals surface area contributed by atoms with Crippen LogP contribution < -0.4 is 4.90 Å². The van der Waals surface area contributed by atoms with Gasteiger partial charge >= 0.3 is 0 Å². The lowest BCUT2D eigenvalue weighted by atomic mass is 10.4. The maximum Gasteiger partial charge on any atom is 0.255 e. The third-order valence-corrected chi connectivity index (χ3v) is 1.65. The number of hydrogen-bond acceptors (Lipinski definition) is 3. The minimum Gasteiger partial charge on any atom is -0.367 e. The molecule has 0 fully saturated rings. The van der Waals surface area contributed by atoms with E-state index in [1.165, 1.54) is 17.2 Å². The molecule has 0 amide bonds. The average Bonchev–Trinajstić information content (AvgIpc) is 2.03. The molecule has 0 saturated heterocycles. The molecule has 0 bridgehead atoms. The monoisotopic (exact) mass is 207 g/mol. The molecule has 6 heteroatoms. The summed E-state index contributed by atoms with van der Waals surface area (Å²) >= 11 is 5.54. The van der Waals surface area contributed by atoms with E-state index < -0.39 is 6.43 Å². The van der Waals surface area contributed by atoms with Crippen molar-refractivity contribution < 1.29 is 8.78 Å². The van der Waals surface area contributed by atoms with Crippen LogP contribution in [0.2, 0.25) is 5.15 Å². The molecule has 1 aromatic rings. The van der Waals surface area contributed by atoms with E-state index in [1.807, 2.05) is 0 Å². The number of halogens is 3. The van der Waals surface area contributed by atoms with Gasteiger partial charge in [-0.15, -0.1) is 5.10 Å². The fraction of sp³-hybridized carbons (Fsp3) is 0.429. The van der Waals surface area contributed by atoms with E-state index in [0.717, 1.165) is 0 Å². The largest absolute Gasteiger partial charge is 0.367 e. The van der Waals surface area contributed by atoms with E-state index in [1.54, 1.807) is 7.05 Å². The molecule has 0 aromatic carbocycles. The van der Waals surface area contributed by atoms with Crippen LogP contribution in [0.25, 0.3) is 0 Å². The second kappa shape index (κ2) is 4.32. The Bertz CT molecular complexity index is 282. The molecule has 3 nitrogen and oxygen atoms in total. The van der Waals surface area contributed by atoms with Crippen molar-refractivity contribution in [1.29, 1.82) is 0 Å². The van der Waals surface area contributed by atoms with Crippen molar-refractivity contribution in [2.75, 3.05) is 18.5 Å². The summed E-state index contributed by atoms with van der Waals surface area (Å²) in [5, 5.41) is 7.24. The quantitative estimate of drug-likeness (QED) is 0.757. The highest BCUT2D eigenvalue weighted by Crippen LogP contribution is 2.15. The smallest absolute Gasteiger partial charge is 0.255 e. The van der Waals surface area contributed by atoms with Crippen LogP contribution in [0.15, 0.2) is 12.3 Å². The van der Waals surface area contributed by atoms with Gasteiger partial charge in [-0.3, -0.25) is 0 Å². The lowest BCUT2D eigenvalue weighted by Gasteiger charge is -2.17. The average molecular weight is 208 g/mol. The summed E-state index contributed by atoms with van der Waals surface area (Å²) in [5.74, 6) is 0. The summed E-state index contributed by atoms with van der Waals surface area (Å²) in [4.78, 5) is 1.37. The van der Waals surface area contributed by atoms with E-state index in [4.69, 9.17) is 11.6 Å². The fourth-order valence-corrected chi connectivity index (χ4v) is 1.01. The summed E-state index contributed by atoms with van der Waals surface area (Å²) in [6.07, 6.45) is -0.995. The highest BCUT2D eigenvalue weighted by Gasteiger charge is 2.09. The molecule has 0 atom stereocenters. The molecule has 0 aliphatic heterocycles. The molecule has 0 aliphatic carbocycles. The maximum atomic E-state index is 12.0. The maximum absolute atomic E-state index is 12.0. The number of aromatic nitrogens is 2. The van der Waals surface area contributed by atoms with Gasteiger partial charge < -0.3 is 4.90 Å². The second-order valence-electron chi connectivity index (χ2n) is 2.51. The third-order valence-electron chi connectivity index (χ3n) is 1.46. The van der Waals surface area contributed by atoms with Crippen molar-refractivity contribution in [2.24, 2.45) is 0 Å². The molecule has 13 heavy (non-hydrogen) atoms. The molecule has 0 spiro atoms. The number of hydrogen-bond donors (Lipinski definition) is 0. The summed E-state index contributed by atoms with van der Waals surface area (Å²) < 4.78 is 23.9. The first-order valence-electron chi connectivity index (χ1n) is 3.57. The van der Waals surface area contributed by atoms with E-state index >= 15 is 0 Å². The number of nitrogens with zero attached hydrogens (tertiary/aromatic N) is 3. The zero-order chi connectivity index (χ0) is 9.84. The van der Waals surface area contributed by atoms with Crippen molar-refractivity contribution in [2.45, 2.75) is 6.43 Å². The minimum absolute atomic E-state index is 0.193. The van der Waals surface area contributed by atoms with Gasteiger partial charge in [-0.25, -0.2) is 8.78 Å². The summed E-state index contributed by atoms with van der Waals surface area (Å²) in [6.45, 7) is -0.345.